The normalized spacial score (nSPS) is 29.2. The molecule has 1 saturated carbocycles. The van der Waals surface area contributed by atoms with Crippen LogP contribution in [0.1, 0.15) is 51.2 Å². The molecule has 0 spiro atoms. The number of nitrogens with zero attached hydrogens (tertiary/aromatic N) is 1. The molecular weight excluding hydrogens is 268 g/mol. The van der Waals surface area contributed by atoms with Crippen LogP contribution in [0, 0.1) is 17.1 Å². The molecule has 2 aliphatic rings. The van der Waals surface area contributed by atoms with Crippen LogP contribution in [0.4, 0.5) is 4.39 Å². The third-order valence-electron chi connectivity index (χ3n) is 5.00. The molecule has 2 fully saturated rings. The predicted molar refractivity (Wildman–Crippen MR) is 78.3 cm³/mol. The smallest absolute Gasteiger partial charge is 0.403 e. The van der Waals surface area contributed by atoms with Crippen molar-refractivity contribution in [3.8, 4) is 6.07 Å². The zero-order chi connectivity index (χ0) is 15.4. The van der Waals surface area contributed by atoms with E-state index in [9.17, 15) is 4.39 Å². The molecule has 0 aromatic heterocycles. The van der Waals surface area contributed by atoms with E-state index in [0.29, 0.717) is 0 Å². The van der Waals surface area contributed by atoms with Crippen LogP contribution in [0.25, 0.3) is 0 Å². The summed E-state index contributed by atoms with van der Waals surface area (Å²) >= 11 is 0. The van der Waals surface area contributed by atoms with Crippen LogP contribution in [-0.2, 0) is 9.31 Å². The van der Waals surface area contributed by atoms with Gasteiger partial charge in [0.15, 0.2) is 0 Å². The molecule has 1 unspecified atom stereocenters. The van der Waals surface area contributed by atoms with Gasteiger partial charge in [0.05, 0.1) is 16.8 Å². The second-order valence-corrected chi connectivity index (χ2v) is 6.98. The predicted octanol–water partition coefficient (Wildman–Crippen LogP) is 3.65. The highest BCUT2D eigenvalue weighted by Crippen LogP contribution is 2.58. The van der Waals surface area contributed by atoms with Gasteiger partial charge in [0.2, 0.25) is 0 Å². The van der Waals surface area contributed by atoms with E-state index in [1.165, 1.54) is 6.07 Å². The van der Waals surface area contributed by atoms with Crippen LogP contribution < -0.4 is 0 Å². The van der Waals surface area contributed by atoms with Gasteiger partial charge in [-0.25, -0.2) is 4.39 Å². The molecule has 2 atom stereocenters. The number of halogens is 1. The summed E-state index contributed by atoms with van der Waals surface area (Å²) in [4.78, 5) is 0. The van der Waals surface area contributed by atoms with E-state index >= 15 is 0 Å². The Labute approximate surface area is 125 Å². The molecule has 5 heteroatoms. The van der Waals surface area contributed by atoms with Crippen molar-refractivity contribution in [1.29, 1.82) is 5.26 Å². The van der Waals surface area contributed by atoms with E-state index in [1.54, 1.807) is 6.07 Å². The van der Waals surface area contributed by atoms with E-state index in [0.717, 1.165) is 12.0 Å². The average Bonchev–Trinajstić information content (AvgIpc) is 3.13. The molecule has 3 nitrogen and oxygen atoms in total. The van der Waals surface area contributed by atoms with Gasteiger partial charge in [-0.2, -0.15) is 5.26 Å². The van der Waals surface area contributed by atoms with E-state index < -0.39 is 5.82 Å². The molecule has 1 aromatic rings. The maximum atomic E-state index is 13.7. The Kier molecular flexibility index (Phi) is 3.16. The monoisotopic (exact) mass is 287 g/mol. The molecule has 0 bridgehead atoms. The largest absolute Gasteiger partial charge is 0.461 e. The summed E-state index contributed by atoms with van der Waals surface area (Å²) in [6, 6.07) is 6.69. The standard InChI is InChI=1S/C16H19BFNO2/c1-15(2)16(3,4)21-17(20-15)13-8-12(13)10-5-6-11(9-19)14(18)7-10/h5-7,12-13H,8H2,1-4H3/t12?,13-/m0/s1. The lowest BCUT2D eigenvalue weighted by atomic mass is 9.79. The Morgan fingerprint density at radius 2 is 1.86 bits per heavy atom. The van der Waals surface area contributed by atoms with Crippen LogP contribution in [0.3, 0.4) is 0 Å². The SMILES string of the molecule is CC1(C)OB([C@H]2CC2c2ccc(C#N)c(F)c2)OC1(C)C. The van der Waals surface area contributed by atoms with Gasteiger partial charge in [0, 0.05) is 5.82 Å². The van der Waals surface area contributed by atoms with Crippen molar-refractivity contribution < 1.29 is 13.7 Å². The summed E-state index contributed by atoms with van der Waals surface area (Å²) < 4.78 is 25.8. The van der Waals surface area contributed by atoms with Gasteiger partial charge in [-0.05, 0) is 57.7 Å². The van der Waals surface area contributed by atoms with Gasteiger partial charge in [-0.3, -0.25) is 0 Å². The van der Waals surface area contributed by atoms with Gasteiger partial charge in [-0.1, -0.05) is 6.07 Å². The highest BCUT2D eigenvalue weighted by atomic mass is 19.1. The third-order valence-corrected chi connectivity index (χ3v) is 5.00. The molecule has 1 heterocycles. The lowest BCUT2D eigenvalue weighted by Crippen LogP contribution is -2.41. The quantitative estimate of drug-likeness (QED) is 0.780. The molecule has 1 aliphatic carbocycles. The second-order valence-electron chi connectivity index (χ2n) is 6.98. The van der Waals surface area contributed by atoms with Crippen molar-refractivity contribution in [3.63, 3.8) is 0 Å². The fourth-order valence-electron chi connectivity index (χ4n) is 2.81. The zero-order valence-electron chi connectivity index (χ0n) is 12.8. The summed E-state index contributed by atoms with van der Waals surface area (Å²) in [5.41, 5.74) is 0.347. The van der Waals surface area contributed by atoms with Crippen LogP contribution in [0.2, 0.25) is 5.82 Å². The van der Waals surface area contributed by atoms with E-state index in [2.05, 4.69) is 0 Å². The molecule has 1 saturated heterocycles. The fraction of sp³-hybridized carbons (Fsp3) is 0.562. The minimum Gasteiger partial charge on any atom is -0.403 e. The first kappa shape index (κ1) is 14.6. The Balaban J connectivity index is 1.73. The number of nitriles is 1. The minimum atomic E-state index is -0.449. The van der Waals surface area contributed by atoms with Gasteiger partial charge in [0.25, 0.3) is 0 Å². The van der Waals surface area contributed by atoms with Gasteiger partial charge < -0.3 is 9.31 Å². The topological polar surface area (TPSA) is 42.2 Å². The van der Waals surface area contributed by atoms with Crippen LogP contribution in [0.5, 0.6) is 0 Å². The molecule has 21 heavy (non-hydrogen) atoms. The summed E-state index contributed by atoms with van der Waals surface area (Å²) in [5.74, 6) is 0.0647. The average molecular weight is 287 g/mol. The maximum absolute atomic E-state index is 13.7. The van der Waals surface area contributed by atoms with Crippen LogP contribution >= 0.6 is 0 Å². The molecule has 0 radical (unpaired) electrons. The van der Waals surface area contributed by atoms with Crippen molar-refractivity contribution in [2.45, 2.75) is 57.1 Å². The molecule has 110 valence electrons. The van der Waals surface area contributed by atoms with E-state index in [4.69, 9.17) is 14.6 Å². The molecule has 3 rings (SSSR count). The number of benzene rings is 1. The van der Waals surface area contributed by atoms with Gasteiger partial charge in [-0.15, -0.1) is 0 Å². The van der Waals surface area contributed by atoms with Crippen molar-refractivity contribution in [2.24, 2.45) is 0 Å². The minimum absolute atomic E-state index is 0.0894. The van der Waals surface area contributed by atoms with Crippen molar-refractivity contribution in [2.75, 3.05) is 0 Å². The first-order valence-corrected chi connectivity index (χ1v) is 7.30. The van der Waals surface area contributed by atoms with E-state index in [1.807, 2.05) is 39.8 Å². The Bertz CT molecular complexity index is 607. The maximum Gasteiger partial charge on any atom is 0.461 e. The highest BCUT2D eigenvalue weighted by Gasteiger charge is 2.59. The van der Waals surface area contributed by atoms with E-state index in [-0.39, 0.29) is 35.6 Å². The van der Waals surface area contributed by atoms with Crippen molar-refractivity contribution in [3.05, 3.63) is 35.1 Å². The first-order chi connectivity index (χ1) is 9.75. The Morgan fingerprint density at radius 1 is 1.24 bits per heavy atom. The molecule has 0 amide bonds. The lowest BCUT2D eigenvalue weighted by Gasteiger charge is -2.32. The zero-order valence-corrected chi connectivity index (χ0v) is 12.8. The summed E-state index contributed by atoms with van der Waals surface area (Å²) in [6.07, 6.45) is 0.933. The number of hydrogen-bond acceptors (Lipinski definition) is 3. The highest BCUT2D eigenvalue weighted by molar-refractivity contribution is 6.49. The van der Waals surface area contributed by atoms with Gasteiger partial charge >= 0.3 is 7.12 Å². The summed E-state index contributed by atoms with van der Waals surface area (Å²) in [6.45, 7) is 8.13. The van der Waals surface area contributed by atoms with Crippen LogP contribution in [-0.4, -0.2) is 18.3 Å². The fourth-order valence-corrected chi connectivity index (χ4v) is 2.81. The van der Waals surface area contributed by atoms with Crippen LogP contribution in [0.15, 0.2) is 18.2 Å². The summed E-state index contributed by atoms with van der Waals surface area (Å²) in [5, 5.41) is 8.77. The van der Waals surface area contributed by atoms with Crippen molar-refractivity contribution >= 4 is 7.12 Å². The summed E-state index contributed by atoms with van der Waals surface area (Å²) in [7, 11) is -0.237. The molecule has 1 aromatic carbocycles. The van der Waals surface area contributed by atoms with Gasteiger partial charge in [0.1, 0.15) is 11.9 Å². The van der Waals surface area contributed by atoms with Crippen molar-refractivity contribution in [1.82, 2.24) is 0 Å². The molecule has 1 aliphatic heterocycles. The lowest BCUT2D eigenvalue weighted by molar-refractivity contribution is 0.00578. The number of rotatable bonds is 2. The third kappa shape index (κ3) is 2.37. The second kappa shape index (κ2) is 4.56. The molecule has 0 N–H and O–H groups in total. The first-order valence-electron chi connectivity index (χ1n) is 7.30. The Morgan fingerprint density at radius 3 is 2.38 bits per heavy atom. The Hall–Kier alpha value is -1.38. The molecular formula is C16H19BFNO2. The number of hydrogen-bond donors (Lipinski definition) is 0.